The first kappa shape index (κ1) is 27.0. The Morgan fingerprint density at radius 3 is 2.60 bits per heavy atom. The van der Waals surface area contributed by atoms with Crippen LogP contribution in [0.3, 0.4) is 0 Å². The number of amides is 1. The van der Waals surface area contributed by atoms with Crippen LogP contribution < -0.4 is 15.0 Å². The highest BCUT2D eigenvalue weighted by atomic mass is 35.5. The van der Waals surface area contributed by atoms with Crippen molar-refractivity contribution in [1.82, 2.24) is 25.2 Å². The van der Waals surface area contributed by atoms with Crippen LogP contribution in [0.2, 0.25) is 5.02 Å². The minimum atomic E-state index is -0.524. The van der Waals surface area contributed by atoms with E-state index in [1.54, 1.807) is 6.20 Å². The zero-order valence-electron chi connectivity index (χ0n) is 24.0. The summed E-state index contributed by atoms with van der Waals surface area (Å²) < 4.78 is 23.1. The van der Waals surface area contributed by atoms with Gasteiger partial charge in [0.25, 0.3) is 0 Å². The van der Waals surface area contributed by atoms with Gasteiger partial charge in [-0.2, -0.15) is 9.97 Å². The van der Waals surface area contributed by atoms with E-state index in [4.69, 9.17) is 26.3 Å². The summed E-state index contributed by atoms with van der Waals surface area (Å²) in [5.74, 6) is 0.172. The molecule has 0 radical (unpaired) electrons. The second-order valence-electron chi connectivity index (χ2n) is 12.8. The first-order valence-corrected chi connectivity index (χ1v) is 15.7. The third kappa shape index (κ3) is 4.51. The number of nitrogens with zero attached hydrogens (tertiary/aromatic N) is 5. The smallest absolute Gasteiger partial charge is 0.319 e. The highest BCUT2D eigenvalue weighted by Crippen LogP contribution is 2.42. The number of hydrogen-bond donors (Lipinski definition) is 1. The maximum Gasteiger partial charge on any atom is 0.319 e. The molecule has 1 spiro atoms. The summed E-state index contributed by atoms with van der Waals surface area (Å²) in [5, 5.41) is 5.75. The number of halogens is 2. The molecule has 0 saturated carbocycles. The minimum Gasteiger partial charge on any atom is -0.461 e. The molecule has 1 unspecified atom stereocenters. The van der Waals surface area contributed by atoms with Gasteiger partial charge < -0.3 is 15.0 Å². The van der Waals surface area contributed by atoms with Gasteiger partial charge in [-0.15, -0.1) is 0 Å². The Labute approximate surface area is 254 Å². The van der Waals surface area contributed by atoms with E-state index < -0.39 is 5.82 Å². The van der Waals surface area contributed by atoms with E-state index in [1.165, 1.54) is 0 Å². The molecular formula is C33H34ClFN6O2. The third-order valence-corrected chi connectivity index (χ3v) is 10.5. The molecule has 2 aromatic heterocycles. The molecule has 2 aromatic carbocycles. The molecule has 10 heteroatoms. The number of piperidine rings is 1. The molecule has 0 bridgehead atoms. The van der Waals surface area contributed by atoms with Gasteiger partial charge >= 0.3 is 6.01 Å². The lowest BCUT2D eigenvalue weighted by Crippen LogP contribution is -2.45. The molecule has 1 amide bonds. The average Bonchev–Trinajstić information content (AvgIpc) is 3.70. The van der Waals surface area contributed by atoms with Gasteiger partial charge in [-0.05, 0) is 63.1 Å². The van der Waals surface area contributed by atoms with Crippen molar-refractivity contribution in [3.8, 4) is 17.3 Å². The molecule has 1 N–H and O–H groups in total. The monoisotopic (exact) mass is 600 g/mol. The van der Waals surface area contributed by atoms with Crippen LogP contribution in [0.25, 0.3) is 32.9 Å². The van der Waals surface area contributed by atoms with Crippen LogP contribution in [0.15, 0.2) is 42.6 Å². The maximum absolute atomic E-state index is 16.7. The summed E-state index contributed by atoms with van der Waals surface area (Å²) in [4.78, 5) is 31.2. The van der Waals surface area contributed by atoms with Crippen molar-refractivity contribution in [1.29, 1.82) is 0 Å². The highest BCUT2D eigenvalue weighted by molar-refractivity contribution is 6.36. The van der Waals surface area contributed by atoms with E-state index in [1.807, 2.05) is 36.4 Å². The second kappa shape index (κ2) is 10.3. The normalized spacial score (nSPS) is 23.4. The Morgan fingerprint density at radius 2 is 1.81 bits per heavy atom. The second-order valence-corrected chi connectivity index (χ2v) is 13.2. The van der Waals surface area contributed by atoms with E-state index in [-0.39, 0.29) is 34.1 Å². The summed E-state index contributed by atoms with van der Waals surface area (Å²) in [6.07, 6.45) is 8.55. The molecule has 6 heterocycles. The Bertz CT molecular complexity index is 1750. The Morgan fingerprint density at radius 1 is 1.02 bits per heavy atom. The molecule has 0 aliphatic carbocycles. The van der Waals surface area contributed by atoms with Gasteiger partial charge in [-0.25, -0.2) is 4.39 Å². The van der Waals surface area contributed by atoms with Gasteiger partial charge in [-0.1, -0.05) is 41.9 Å². The summed E-state index contributed by atoms with van der Waals surface area (Å²) in [6, 6.07) is 11.5. The van der Waals surface area contributed by atoms with Crippen LogP contribution in [0.4, 0.5) is 10.2 Å². The standard InChI is InChI=1S/C33H34ClFN6O2/c34-24-9-2-7-21-6-1-8-22(26(21)24)28-27(35)29-23(17-36-28)30(40-13-3-10-32(19-40)16-25(42)37-18-32)39-31(38-29)43-20-33-11-4-14-41(33)15-5-12-33/h1-2,6-9,17H,3-5,10-16,18-20H2,(H,37,42). The Kier molecular flexibility index (Phi) is 6.45. The van der Waals surface area contributed by atoms with Gasteiger partial charge in [0.05, 0.1) is 10.9 Å². The summed E-state index contributed by atoms with van der Waals surface area (Å²) in [6.45, 7) is 4.71. The zero-order chi connectivity index (χ0) is 29.2. The number of ether oxygens (including phenoxy) is 1. The van der Waals surface area contributed by atoms with Crippen molar-refractivity contribution < 1.29 is 13.9 Å². The van der Waals surface area contributed by atoms with Crippen LogP contribution in [-0.4, -0.2) is 70.6 Å². The molecular weight excluding hydrogens is 567 g/mol. The first-order chi connectivity index (χ1) is 20.9. The number of benzene rings is 2. The van der Waals surface area contributed by atoms with Gasteiger partial charge in [0, 0.05) is 53.6 Å². The van der Waals surface area contributed by atoms with Crippen LogP contribution in [0.5, 0.6) is 6.01 Å². The van der Waals surface area contributed by atoms with Gasteiger partial charge in [0.15, 0.2) is 5.82 Å². The Hall–Kier alpha value is -3.56. The SMILES string of the molecule is O=C1CC2(CCCN(c3nc(OCC45CCCN4CCC5)nc4c(F)c(-c5cccc6cccc(Cl)c56)ncc34)C2)CN1. The third-order valence-electron chi connectivity index (χ3n) is 10.2. The lowest BCUT2D eigenvalue weighted by molar-refractivity contribution is -0.119. The van der Waals surface area contributed by atoms with Crippen molar-refractivity contribution in [3.05, 3.63) is 53.4 Å². The first-order valence-electron chi connectivity index (χ1n) is 15.4. The van der Waals surface area contributed by atoms with Crippen molar-refractivity contribution in [2.45, 2.75) is 50.5 Å². The number of anilines is 1. The number of fused-ring (bicyclic) bond motifs is 3. The molecule has 4 aliphatic rings. The fraction of sp³-hybridized carbons (Fsp3) is 0.455. The summed E-state index contributed by atoms with van der Waals surface area (Å²) >= 11 is 6.62. The minimum absolute atomic E-state index is 0.00515. The van der Waals surface area contributed by atoms with E-state index in [2.05, 4.69) is 20.1 Å². The van der Waals surface area contributed by atoms with Gasteiger partial charge in [0.2, 0.25) is 5.91 Å². The number of pyridine rings is 1. The van der Waals surface area contributed by atoms with E-state index in [0.29, 0.717) is 47.9 Å². The van der Waals surface area contributed by atoms with Crippen molar-refractivity contribution in [2.24, 2.45) is 5.41 Å². The van der Waals surface area contributed by atoms with E-state index in [0.717, 1.165) is 68.9 Å². The molecule has 8 rings (SSSR count). The summed E-state index contributed by atoms with van der Waals surface area (Å²) in [7, 11) is 0. The van der Waals surface area contributed by atoms with Crippen LogP contribution in [0, 0.1) is 11.2 Å². The molecule has 8 nitrogen and oxygen atoms in total. The van der Waals surface area contributed by atoms with Crippen molar-refractivity contribution in [2.75, 3.05) is 44.2 Å². The van der Waals surface area contributed by atoms with E-state index in [9.17, 15) is 4.79 Å². The van der Waals surface area contributed by atoms with Crippen LogP contribution >= 0.6 is 11.6 Å². The number of hydrogen-bond acceptors (Lipinski definition) is 7. The highest BCUT2D eigenvalue weighted by Gasteiger charge is 2.45. The predicted molar refractivity (Wildman–Crippen MR) is 165 cm³/mol. The van der Waals surface area contributed by atoms with Crippen LogP contribution in [-0.2, 0) is 4.79 Å². The fourth-order valence-corrected chi connectivity index (χ4v) is 8.38. The predicted octanol–water partition coefficient (Wildman–Crippen LogP) is 5.75. The van der Waals surface area contributed by atoms with Crippen molar-refractivity contribution >= 4 is 45.0 Å². The number of carbonyl (C=O) groups is 1. The topological polar surface area (TPSA) is 83.5 Å². The Balaban J connectivity index is 1.25. The average molecular weight is 601 g/mol. The number of nitrogens with one attached hydrogen (secondary N) is 1. The number of rotatable bonds is 5. The molecule has 222 valence electrons. The molecule has 43 heavy (non-hydrogen) atoms. The van der Waals surface area contributed by atoms with E-state index >= 15 is 4.39 Å². The molecule has 4 saturated heterocycles. The number of carbonyl (C=O) groups excluding carboxylic acids is 1. The molecule has 4 aromatic rings. The van der Waals surface area contributed by atoms with Crippen molar-refractivity contribution in [3.63, 3.8) is 0 Å². The molecule has 1 atom stereocenters. The lowest BCUT2D eigenvalue weighted by atomic mass is 9.79. The zero-order valence-corrected chi connectivity index (χ0v) is 24.8. The summed E-state index contributed by atoms with van der Waals surface area (Å²) in [5.41, 5.74) is 0.835. The largest absolute Gasteiger partial charge is 0.461 e. The molecule has 4 aliphatic heterocycles. The van der Waals surface area contributed by atoms with Crippen LogP contribution in [0.1, 0.15) is 44.9 Å². The van der Waals surface area contributed by atoms with Gasteiger partial charge in [0.1, 0.15) is 23.6 Å². The maximum atomic E-state index is 16.7. The lowest BCUT2D eigenvalue weighted by Gasteiger charge is -2.40. The quantitative estimate of drug-likeness (QED) is 0.312. The fourth-order valence-electron chi connectivity index (χ4n) is 8.10. The molecule has 4 fully saturated rings. The van der Waals surface area contributed by atoms with Gasteiger partial charge in [-0.3, -0.25) is 14.7 Å². The number of aromatic nitrogens is 3.